The van der Waals surface area contributed by atoms with Crippen LogP contribution in [0.3, 0.4) is 0 Å². The van der Waals surface area contributed by atoms with Gasteiger partial charge in [-0.15, -0.1) is 0 Å². The standard InChI is InChI=1S/C45H30O/c1-45(2)38-23-20-27-11-3-4-12-30(27)44(38)36-22-19-29(26-39(36)45)43-34-16-7-5-14-32(34)42(33-15-6-8-17-35(33)43)28-21-24-41-37(25-28)31-13-9-10-18-40(31)46-41/h3-26H,1-2H3. The summed E-state index contributed by atoms with van der Waals surface area (Å²) in [6, 6.07) is 53.5. The second kappa shape index (κ2) is 9.19. The molecule has 9 aromatic rings. The average molecular weight is 587 g/mol. The third-order valence-corrected chi connectivity index (χ3v) is 10.5. The Bertz CT molecular complexity index is 2660. The van der Waals surface area contributed by atoms with E-state index < -0.39 is 0 Å². The Labute approximate surface area is 267 Å². The first-order valence-corrected chi connectivity index (χ1v) is 16.1. The highest BCUT2D eigenvalue weighted by Crippen LogP contribution is 2.53. The number of furan rings is 1. The summed E-state index contributed by atoms with van der Waals surface area (Å²) in [6.45, 7) is 4.76. The van der Waals surface area contributed by atoms with Gasteiger partial charge in [-0.25, -0.2) is 0 Å². The minimum Gasteiger partial charge on any atom is -0.456 e. The highest BCUT2D eigenvalue weighted by molar-refractivity contribution is 6.22. The number of hydrogen-bond acceptors (Lipinski definition) is 1. The summed E-state index contributed by atoms with van der Waals surface area (Å²) in [6.07, 6.45) is 0. The lowest BCUT2D eigenvalue weighted by molar-refractivity contribution is 0.661. The molecule has 0 fully saturated rings. The van der Waals surface area contributed by atoms with Crippen LogP contribution in [-0.2, 0) is 5.41 Å². The second-order valence-electron chi connectivity index (χ2n) is 13.2. The first kappa shape index (κ1) is 25.6. The molecule has 0 spiro atoms. The van der Waals surface area contributed by atoms with Gasteiger partial charge in [-0.2, -0.15) is 0 Å². The van der Waals surface area contributed by atoms with Crippen LogP contribution < -0.4 is 0 Å². The summed E-state index contributed by atoms with van der Waals surface area (Å²) < 4.78 is 6.20. The Hall–Kier alpha value is -5.66. The molecule has 0 atom stereocenters. The Morgan fingerprint density at radius 2 is 0.935 bits per heavy atom. The maximum Gasteiger partial charge on any atom is 0.135 e. The summed E-state index contributed by atoms with van der Waals surface area (Å²) >= 11 is 0. The van der Waals surface area contributed by atoms with Crippen LogP contribution in [0, 0.1) is 0 Å². The second-order valence-corrected chi connectivity index (χ2v) is 13.2. The van der Waals surface area contributed by atoms with E-state index in [2.05, 4.69) is 147 Å². The molecule has 0 N–H and O–H groups in total. The number of hydrogen-bond donors (Lipinski definition) is 0. The van der Waals surface area contributed by atoms with Gasteiger partial charge in [0, 0.05) is 16.2 Å². The molecule has 1 heterocycles. The zero-order chi connectivity index (χ0) is 30.6. The third kappa shape index (κ3) is 3.40. The zero-order valence-electron chi connectivity index (χ0n) is 25.8. The molecule has 0 amide bonds. The molecule has 0 saturated heterocycles. The number of rotatable bonds is 2. The molecule has 0 saturated carbocycles. The lowest BCUT2D eigenvalue weighted by Gasteiger charge is -2.23. The quantitative estimate of drug-likeness (QED) is 0.184. The van der Waals surface area contributed by atoms with Crippen molar-refractivity contribution in [2.75, 3.05) is 0 Å². The monoisotopic (exact) mass is 586 g/mol. The van der Waals surface area contributed by atoms with Crippen molar-refractivity contribution in [2.24, 2.45) is 0 Å². The van der Waals surface area contributed by atoms with Crippen LogP contribution in [0.2, 0.25) is 0 Å². The van der Waals surface area contributed by atoms with E-state index in [9.17, 15) is 0 Å². The lowest BCUT2D eigenvalue weighted by Crippen LogP contribution is -2.15. The van der Waals surface area contributed by atoms with E-state index in [0.29, 0.717) is 0 Å². The van der Waals surface area contributed by atoms with Gasteiger partial charge in [-0.3, -0.25) is 0 Å². The Morgan fingerprint density at radius 3 is 1.63 bits per heavy atom. The van der Waals surface area contributed by atoms with Crippen molar-refractivity contribution in [3.8, 4) is 33.4 Å². The van der Waals surface area contributed by atoms with Crippen molar-refractivity contribution in [2.45, 2.75) is 19.3 Å². The molecule has 1 aliphatic carbocycles. The molecule has 0 bridgehead atoms. The largest absolute Gasteiger partial charge is 0.456 e. The van der Waals surface area contributed by atoms with Gasteiger partial charge in [0.1, 0.15) is 11.2 Å². The molecule has 1 aromatic heterocycles. The van der Waals surface area contributed by atoms with Crippen molar-refractivity contribution >= 4 is 54.3 Å². The van der Waals surface area contributed by atoms with Crippen molar-refractivity contribution in [1.29, 1.82) is 0 Å². The zero-order valence-corrected chi connectivity index (χ0v) is 25.8. The highest BCUT2D eigenvalue weighted by Gasteiger charge is 2.36. The number of benzene rings is 8. The van der Waals surface area contributed by atoms with Crippen LogP contribution in [0.5, 0.6) is 0 Å². The van der Waals surface area contributed by atoms with E-state index in [0.717, 1.165) is 21.9 Å². The average Bonchev–Trinajstić information content (AvgIpc) is 3.58. The topological polar surface area (TPSA) is 13.1 Å². The fourth-order valence-corrected chi connectivity index (χ4v) is 8.29. The van der Waals surface area contributed by atoms with Crippen LogP contribution >= 0.6 is 0 Å². The van der Waals surface area contributed by atoms with Crippen LogP contribution in [0.4, 0.5) is 0 Å². The van der Waals surface area contributed by atoms with E-state index in [1.54, 1.807) is 0 Å². The van der Waals surface area contributed by atoms with Crippen LogP contribution in [0.15, 0.2) is 150 Å². The van der Waals surface area contributed by atoms with Gasteiger partial charge in [0.15, 0.2) is 0 Å². The summed E-state index contributed by atoms with van der Waals surface area (Å²) in [7, 11) is 0. The third-order valence-electron chi connectivity index (χ3n) is 10.5. The highest BCUT2D eigenvalue weighted by atomic mass is 16.3. The molecule has 8 aromatic carbocycles. The van der Waals surface area contributed by atoms with Gasteiger partial charge in [-0.05, 0) is 101 Å². The van der Waals surface area contributed by atoms with Gasteiger partial charge < -0.3 is 4.42 Å². The van der Waals surface area contributed by atoms with E-state index in [1.807, 2.05) is 12.1 Å². The van der Waals surface area contributed by atoms with E-state index in [4.69, 9.17) is 4.42 Å². The molecule has 0 unspecified atom stereocenters. The first-order valence-electron chi connectivity index (χ1n) is 16.1. The maximum absolute atomic E-state index is 6.20. The van der Waals surface area contributed by atoms with Crippen molar-refractivity contribution < 1.29 is 4.42 Å². The molecule has 216 valence electrons. The lowest BCUT2D eigenvalue weighted by atomic mass is 9.80. The molecule has 1 aliphatic rings. The molecule has 1 nitrogen and oxygen atoms in total. The van der Waals surface area contributed by atoms with Gasteiger partial charge in [0.05, 0.1) is 0 Å². The van der Waals surface area contributed by atoms with E-state index in [1.165, 1.54) is 76.8 Å². The Kier molecular flexibility index (Phi) is 5.12. The molecule has 10 rings (SSSR count). The van der Waals surface area contributed by atoms with E-state index in [-0.39, 0.29) is 5.41 Å². The molecule has 1 heteroatoms. The van der Waals surface area contributed by atoms with Crippen LogP contribution in [0.1, 0.15) is 25.0 Å². The van der Waals surface area contributed by atoms with E-state index >= 15 is 0 Å². The van der Waals surface area contributed by atoms with Crippen molar-refractivity contribution in [1.82, 2.24) is 0 Å². The SMILES string of the molecule is CC1(C)c2cc(-c3c4ccccc4c(-c4ccc5oc6ccccc6c5c4)c4ccccc34)ccc2-c2c1ccc1ccccc21. The molecule has 0 aliphatic heterocycles. The predicted molar refractivity (Wildman–Crippen MR) is 195 cm³/mol. The molecular formula is C45H30O. The smallest absolute Gasteiger partial charge is 0.135 e. The van der Waals surface area contributed by atoms with Crippen LogP contribution in [-0.4, -0.2) is 0 Å². The number of para-hydroxylation sites is 1. The summed E-state index contributed by atoms with van der Waals surface area (Å²) in [4.78, 5) is 0. The van der Waals surface area contributed by atoms with Crippen molar-refractivity contribution in [3.05, 3.63) is 157 Å². The predicted octanol–water partition coefficient (Wildman–Crippen LogP) is 12.7. The minimum absolute atomic E-state index is 0.0982. The van der Waals surface area contributed by atoms with Gasteiger partial charge in [0.2, 0.25) is 0 Å². The molecule has 46 heavy (non-hydrogen) atoms. The number of fused-ring (bicyclic) bond motifs is 10. The van der Waals surface area contributed by atoms with Gasteiger partial charge in [0.25, 0.3) is 0 Å². The van der Waals surface area contributed by atoms with Crippen LogP contribution in [0.25, 0.3) is 87.6 Å². The summed E-state index contributed by atoms with van der Waals surface area (Å²) in [5.74, 6) is 0. The fourth-order valence-electron chi connectivity index (χ4n) is 8.29. The first-order chi connectivity index (χ1) is 22.6. The Morgan fingerprint density at radius 1 is 0.391 bits per heavy atom. The molecule has 0 radical (unpaired) electrons. The molecular weight excluding hydrogens is 556 g/mol. The van der Waals surface area contributed by atoms with Gasteiger partial charge >= 0.3 is 0 Å². The Balaban J connectivity index is 1.25. The van der Waals surface area contributed by atoms with Crippen molar-refractivity contribution in [3.63, 3.8) is 0 Å². The summed E-state index contributed by atoms with van der Waals surface area (Å²) in [5, 5.41) is 10.00. The maximum atomic E-state index is 6.20. The van der Waals surface area contributed by atoms with Gasteiger partial charge in [-0.1, -0.05) is 135 Å². The normalized spacial score (nSPS) is 13.6. The summed E-state index contributed by atoms with van der Waals surface area (Å²) in [5.41, 5.74) is 12.3. The fraction of sp³-hybridized carbons (Fsp3) is 0.0667. The minimum atomic E-state index is -0.0982.